The lowest BCUT2D eigenvalue weighted by atomic mass is 10.4. The Morgan fingerprint density at radius 1 is 1.27 bits per heavy atom. The van der Waals surface area contributed by atoms with Crippen LogP contribution in [0, 0.1) is 0 Å². The van der Waals surface area contributed by atoms with Crippen molar-refractivity contribution in [3.05, 3.63) is 30.3 Å². The molecule has 0 aromatic heterocycles. The van der Waals surface area contributed by atoms with Crippen LogP contribution in [0.2, 0.25) is 0 Å². The maximum absolute atomic E-state index is 11.8. The lowest BCUT2D eigenvalue weighted by Gasteiger charge is -2.04. The highest BCUT2D eigenvalue weighted by atomic mass is 32.2. The van der Waals surface area contributed by atoms with Crippen molar-refractivity contribution in [2.75, 3.05) is 6.26 Å². The second kappa shape index (κ2) is 4.44. The van der Waals surface area contributed by atoms with Crippen LogP contribution < -0.4 is 0 Å². The molecule has 0 aliphatic carbocycles. The van der Waals surface area contributed by atoms with Gasteiger partial charge in [-0.3, -0.25) is 0 Å². The highest BCUT2D eigenvalue weighted by Crippen LogP contribution is 2.33. The van der Waals surface area contributed by atoms with Crippen molar-refractivity contribution < 1.29 is 17.4 Å². The van der Waals surface area contributed by atoms with E-state index in [-0.39, 0.29) is 0 Å². The highest BCUT2D eigenvalue weighted by Gasteiger charge is 2.29. The summed E-state index contributed by atoms with van der Waals surface area (Å²) in [4.78, 5) is 0.293. The van der Waals surface area contributed by atoms with Gasteiger partial charge < -0.3 is 0 Å². The average molecular weight is 255 g/mol. The molecule has 0 spiro atoms. The van der Waals surface area contributed by atoms with Crippen LogP contribution in [0.25, 0.3) is 0 Å². The fourth-order valence-corrected chi connectivity index (χ4v) is 2.74. The molecule has 0 aliphatic rings. The molecule has 1 unspecified atom stereocenters. The van der Waals surface area contributed by atoms with Gasteiger partial charge in [0.25, 0.3) is 0 Å². The molecule has 0 heterocycles. The van der Waals surface area contributed by atoms with E-state index < -0.39 is 27.2 Å². The summed E-state index contributed by atoms with van der Waals surface area (Å²) < 4.78 is 50.4. The van der Waals surface area contributed by atoms with Crippen molar-refractivity contribution in [3.63, 3.8) is 0 Å². The average Bonchev–Trinajstić information content (AvgIpc) is 2.16. The van der Waals surface area contributed by atoms with Gasteiger partial charge in [0.15, 0.2) is 0 Å². The molecule has 0 radical (unpaired) electrons. The lowest BCUT2D eigenvalue weighted by molar-refractivity contribution is -0.0327. The molecular weight excluding hydrogens is 247 g/mol. The molecule has 1 aromatic carbocycles. The summed E-state index contributed by atoms with van der Waals surface area (Å²) in [6.07, 6.45) is 1.18. The molecule has 15 heavy (non-hydrogen) atoms. The van der Waals surface area contributed by atoms with Crippen LogP contribution in [0.1, 0.15) is 0 Å². The first-order chi connectivity index (χ1) is 6.81. The molecule has 0 bridgehead atoms. The van der Waals surface area contributed by atoms with Crippen LogP contribution in [-0.4, -0.2) is 16.0 Å². The lowest BCUT2D eigenvalue weighted by Crippen LogP contribution is -2.01. The van der Waals surface area contributed by atoms with Crippen LogP contribution >= 0.6 is 11.9 Å². The number of nitrogens with zero attached hydrogens (tertiary/aromatic N) is 1. The van der Waals surface area contributed by atoms with Gasteiger partial charge in [-0.05, 0) is 12.1 Å². The molecule has 2 nitrogen and oxygen atoms in total. The summed E-state index contributed by atoms with van der Waals surface area (Å²) in [6, 6.07) is 7.87. The summed E-state index contributed by atoms with van der Waals surface area (Å²) in [5, 5.41) is 0. The molecule has 0 amide bonds. The molecule has 0 aliphatic heterocycles. The fourth-order valence-electron chi connectivity index (χ4n) is 0.829. The van der Waals surface area contributed by atoms with Gasteiger partial charge in [0.2, 0.25) is 0 Å². The van der Waals surface area contributed by atoms with E-state index in [1.165, 1.54) is 18.4 Å². The predicted octanol–water partition coefficient (Wildman–Crippen LogP) is 3.31. The van der Waals surface area contributed by atoms with Gasteiger partial charge in [0.1, 0.15) is 0 Å². The summed E-state index contributed by atoms with van der Waals surface area (Å²) in [7, 11) is -2.98. The van der Waals surface area contributed by atoms with Gasteiger partial charge in [-0.15, -0.1) is 0 Å². The van der Waals surface area contributed by atoms with Crippen molar-refractivity contribution in [1.82, 2.24) is 0 Å². The maximum atomic E-state index is 11.8. The third-order valence-corrected chi connectivity index (χ3v) is 4.25. The van der Waals surface area contributed by atoms with Gasteiger partial charge in [-0.25, -0.2) is 4.21 Å². The number of hydrogen-bond donors (Lipinski definition) is 0. The van der Waals surface area contributed by atoms with Crippen LogP contribution in [0.15, 0.2) is 39.0 Å². The second-order valence-corrected chi connectivity index (χ2v) is 6.05. The van der Waals surface area contributed by atoms with Crippen LogP contribution in [-0.2, 0) is 9.73 Å². The standard InChI is InChI=1S/C8H8F3NOS2/c1-15(13,12-14-8(9,10)11)7-5-3-2-4-6-7/h2-6H,1H3. The SMILES string of the molecule is CS(=O)(=NSC(F)(F)F)c1ccccc1. The molecule has 1 rings (SSSR count). The summed E-state index contributed by atoms with van der Waals surface area (Å²) in [5.41, 5.74) is -4.49. The van der Waals surface area contributed by atoms with E-state index in [4.69, 9.17) is 0 Å². The molecule has 0 saturated heterocycles. The van der Waals surface area contributed by atoms with E-state index >= 15 is 0 Å². The molecule has 0 saturated carbocycles. The van der Waals surface area contributed by atoms with E-state index in [1.807, 2.05) is 0 Å². The van der Waals surface area contributed by atoms with Gasteiger partial charge in [0.05, 0.1) is 21.7 Å². The monoisotopic (exact) mass is 255 g/mol. The van der Waals surface area contributed by atoms with Crippen molar-refractivity contribution in [2.24, 2.45) is 3.77 Å². The third kappa shape index (κ3) is 4.13. The Balaban J connectivity index is 2.99. The number of hydrogen-bond acceptors (Lipinski definition) is 3. The molecule has 1 aromatic rings. The fraction of sp³-hybridized carbons (Fsp3) is 0.250. The highest BCUT2D eigenvalue weighted by molar-refractivity contribution is 8.07. The van der Waals surface area contributed by atoms with Gasteiger partial charge >= 0.3 is 5.51 Å². The number of alkyl halides is 3. The minimum Gasteiger partial charge on any atom is -0.244 e. The topological polar surface area (TPSA) is 29.4 Å². The first-order valence-corrected chi connectivity index (χ1v) is 6.52. The van der Waals surface area contributed by atoms with Crippen LogP contribution in [0.5, 0.6) is 0 Å². The predicted molar refractivity (Wildman–Crippen MR) is 54.8 cm³/mol. The number of rotatable bonds is 2. The quantitative estimate of drug-likeness (QED) is 0.759. The zero-order valence-corrected chi connectivity index (χ0v) is 9.33. The van der Waals surface area contributed by atoms with E-state index in [2.05, 4.69) is 3.77 Å². The molecule has 7 heteroatoms. The first kappa shape index (κ1) is 12.4. The van der Waals surface area contributed by atoms with Crippen LogP contribution in [0.4, 0.5) is 13.2 Å². The largest absolute Gasteiger partial charge is 0.464 e. The Kier molecular flexibility index (Phi) is 3.67. The zero-order chi connectivity index (χ0) is 11.5. The molecule has 84 valence electrons. The summed E-state index contributed by atoms with van der Waals surface area (Å²) >= 11 is -0.615. The summed E-state index contributed by atoms with van der Waals surface area (Å²) in [6.45, 7) is 0. The van der Waals surface area contributed by atoms with E-state index in [1.54, 1.807) is 18.2 Å². The Morgan fingerprint density at radius 2 is 1.80 bits per heavy atom. The molecule has 0 N–H and O–H groups in total. The van der Waals surface area contributed by atoms with Crippen molar-refractivity contribution in [1.29, 1.82) is 0 Å². The minimum absolute atomic E-state index is 0.293. The Bertz CT molecular complexity index is 435. The van der Waals surface area contributed by atoms with Gasteiger partial charge in [0, 0.05) is 11.2 Å². The molecule has 0 fully saturated rings. The van der Waals surface area contributed by atoms with Crippen molar-refractivity contribution >= 4 is 21.7 Å². The zero-order valence-electron chi connectivity index (χ0n) is 7.69. The Hall–Kier alpha value is -0.690. The second-order valence-electron chi connectivity index (χ2n) is 2.73. The van der Waals surface area contributed by atoms with Gasteiger partial charge in [-0.1, -0.05) is 18.2 Å². The summed E-state index contributed by atoms with van der Waals surface area (Å²) in [5.74, 6) is 0. The normalized spacial score (nSPS) is 15.7. The molecular formula is C8H8F3NOS2. The number of halogens is 3. The third-order valence-electron chi connectivity index (χ3n) is 1.46. The van der Waals surface area contributed by atoms with Crippen molar-refractivity contribution in [3.8, 4) is 0 Å². The van der Waals surface area contributed by atoms with Crippen LogP contribution in [0.3, 0.4) is 0 Å². The Morgan fingerprint density at radius 3 is 2.27 bits per heavy atom. The molecule has 1 atom stereocenters. The first-order valence-electron chi connectivity index (χ1n) is 3.83. The maximum Gasteiger partial charge on any atom is 0.464 e. The van der Waals surface area contributed by atoms with Crippen molar-refractivity contribution in [2.45, 2.75) is 10.4 Å². The smallest absolute Gasteiger partial charge is 0.244 e. The van der Waals surface area contributed by atoms with Gasteiger partial charge in [-0.2, -0.15) is 16.9 Å². The Labute approximate surface area is 90.2 Å². The van der Waals surface area contributed by atoms with E-state index in [0.717, 1.165) is 0 Å². The van der Waals surface area contributed by atoms with E-state index in [0.29, 0.717) is 4.90 Å². The number of benzene rings is 1. The van der Waals surface area contributed by atoms with E-state index in [9.17, 15) is 17.4 Å². The minimum atomic E-state index is -4.49.